The molecule has 1 unspecified atom stereocenters. The van der Waals surface area contributed by atoms with Gasteiger partial charge >= 0.3 is 5.97 Å². The zero-order chi connectivity index (χ0) is 12.3. The summed E-state index contributed by atoms with van der Waals surface area (Å²) in [6, 6.07) is 4.07. The number of nitrogens with two attached hydrogens (primary N) is 1. The van der Waals surface area contributed by atoms with E-state index in [1.165, 1.54) is 24.8 Å². The molecule has 0 amide bonds. The Labute approximate surface area is 106 Å². The third kappa shape index (κ3) is 2.87. The minimum atomic E-state index is -0.513. The number of hydrogen-bond acceptors (Lipinski definition) is 4. The van der Waals surface area contributed by atoms with Crippen LogP contribution in [0.25, 0.3) is 0 Å². The fourth-order valence-corrected chi connectivity index (χ4v) is 3.15. The summed E-state index contributed by atoms with van der Waals surface area (Å²) in [5.74, 6) is 0.512. The van der Waals surface area contributed by atoms with Crippen molar-refractivity contribution in [3.8, 4) is 0 Å². The van der Waals surface area contributed by atoms with Crippen LogP contribution in [-0.2, 0) is 16.0 Å². The van der Waals surface area contributed by atoms with Gasteiger partial charge in [0.05, 0.1) is 12.5 Å². The molecule has 0 aromatic carbocycles. The number of thiophene rings is 1. The van der Waals surface area contributed by atoms with Crippen LogP contribution in [0.15, 0.2) is 17.5 Å². The van der Waals surface area contributed by atoms with Gasteiger partial charge in [-0.05, 0) is 30.2 Å². The first kappa shape index (κ1) is 12.6. The van der Waals surface area contributed by atoms with Gasteiger partial charge in [-0.2, -0.15) is 0 Å². The van der Waals surface area contributed by atoms with Gasteiger partial charge in [0, 0.05) is 11.4 Å². The largest absolute Gasteiger partial charge is 0.469 e. The van der Waals surface area contributed by atoms with E-state index in [0.29, 0.717) is 18.9 Å². The maximum absolute atomic E-state index is 12.1. The van der Waals surface area contributed by atoms with E-state index in [1.54, 1.807) is 11.3 Å². The van der Waals surface area contributed by atoms with Crippen LogP contribution in [0.2, 0.25) is 0 Å². The van der Waals surface area contributed by atoms with Crippen LogP contribution in [0.1, 0.15) is 24.1 Å². The number of hydrogen-bond donors (Lipinski definition) is 1. The zero-order valence-electron chi connectivity index (χ0n) is 10.1. The van der Waals surface area contributed by atoms with Crippen LogP contribution in [0, 0.1) is 11.3 Å². The van der Waals surface area contributed by atoms with Gasteiger partial charge in [-0.1, -0.05) is 18.9 Å². The molecule has 17 heavy (non-hydrogen) atoms. The normalized spacial score (nSPS) is 18.7. The lowest BCUT2D eigenvalue weighted by atomic mass is 9.79. The van der Waals surface area contributed by atoms with Crippen molar-refractivity contribution in [3.63, 3.8) is 0 Å². The summed E-state index contributed by atoms with van der Waals surface area (Å²) in [5, 5.41) is 2.03. The van der Waals surface area contributed by atoms with Crippen LogP contribution < -0.4 is 5.73 Å². The van der Waals surface area contributed by atoms with Gasteiger partial charge in [0.2, 0.25) is 0 Å². The SMILES string of the molecule is COC(=O)C(CN)(Cc1cccs1)CC1CC1. The third-order valence-electron chi connectivity index (χ3n) is 3.48. The average molecular weight is 253 g/mol. The number of carbonyl (C=O) groups excluding carboxylic acids is 1. The minimum Gasteiger partial charge on any atom is -0.469 e. The first-order chi connectivity index (χ1) is 8.20. The van der Waals surface area contributed by atoms with Crippen molar-refractivity contribution in [1.82, 2.24) is 0 Å². The van der Waals surface area contributed by atoms with Gasteiger partial charge in [-0.15, -0.1) is 11.3 Å². The first-order valence-electron chi connectivity index (χ1n) is 6.01. The number of methoxy groups -OCH3 is 1. The van der Waals surface area contributed by atoms with Crippen molar-refractivity contribution in [3.05, 3.63) is 22.4 Å². The number of esters is 1. The standard InChI is InChI=1S/C13H19NO2S/c1-16-12(15)13(9-14,7-10-4-5-10)8-11-3-2-6-17-11/h2-3,6,10H,4-5,7-9,14H2,1H3. The van der Waals surface area contributed by atoms with E-state index in [1.807, 2.05) is 11.4 Å². The second kappa shape index (κ2) is 5.19. The molecule has 4 heteroatoms. The Kier molecular flexibility index (Phi) is 3.84. The third-order valence-corrected chi connectivity index (χ3v) is 4.35. The molecule has 0 bridgehead atoms. The zero-order valence-corrected chi connectivity index (χ0v) is 11.0. The number of rotatable bonds is 6. The molecule has 1 fully saturated rings. The van der Waals surface area contributed by atoms with Gasteiger partial charge in [-0.3, -0.25) is 4.79 Å². The summed E-state index contributed by atoms with van der Waals surface area (Å²) in [7, 11) is 1.45. The van der Waals surface area contributed by atoms with Crippen LogP contribution in [0.5, 0.6) is 0 Å². The highest BCUT2D eigenvalue weighted by Crippen LogP contribution is 2.42. The highest BCUT2D eigenvalue weighted by atomic mass is 32.1. The molecule has 0 aliphatic heterocycles. The highest BCUT2D eigenvalue weighted by Gasteiger charge is 2.43. The fourth-order valence-electron chi connectivity index (χ4n) is 2.30. The van der Waals surface area contributed by atoms with Crippen LogP contribution in [0.4, 0.5) is 0 Å². The quantitative estimate of drug-likeness (QED) is 0.791. The lowest BCUT2D eigenvalue weighted by Crippen LogP contribution is -2.41. The summed E-state index contributed by atoms with van der Waals surface area (Å²) in [4.78, 5) is 13.3. The lowest BCUT2D eigenvalue weighted by Gasteiger charge is -2.29. The summed E-state index contributed by atoms with van der Waals surface area (Å²) < 4.78 is 4.97. The molecule has 2 N–H and O–H groups in total. The topological polar surface area (TPSA) is 52.3 Å². The van der Waals surface area contributed by atoms with E-state index in [0.717, 1.165) is 6.42 Å². The Morgan fingerprint density at radius 2 is 2.41 bits per heavy atom. The van der Waals surface area contributed by atoms with Crippen molar-refractivity contribution < 1.29 is 9.53 Å². The molecule has 1 aromatic rings. The Balaban J connectivity index is 2.16. The summed E-state index contributed by atoms with van der Waals surface area (Å²) in [6.07, 6.45) is 4.03. The van der Waals surface area contributed by atoms with Gasteiger partial charge in [0.15, 0.2) is 0 Å². The molecule has 94 valence electrons. The molecule has 1 saturated carbocycles. The Morgan fingerprint density at radius 1 is 1.65 bits per heavy atom. The molecule has 2 rings (SSSR count). The maximum atomic E-state index is 12.1. The molecule has 0 saturated heterocycles. The highest BCUT2D eigenvalue weighted by molar-refractivity contribution is 7.09. The fraction of sp³-hybridized carbons (Fsp3) is 0.615. The van der Waals surface area contributed by atoms with Crippen molar-refractivity contribution in [2.75, 3.05) is 13.7 Å². The van der Waals surface area contributed by atoms with E-state index in [9.17, 15) is 4.79 Å². The second-order valence-corrected chi connectivity index (χ2v) is 5.91. The van der Waals surface area contributed by atoms with Gasteiger partial charge in [0.1, 0.15) is 0 Å². The average Bonchev–Trinajstić information content (AvgIpc) is 3.01. The van der Waals surface area contributed by atoms with Crippen LogP contribution >= 0.6 is 11.3 Å². The summed E-state index contributed by atoms with van der Waals surface area (Å²) in [6.45, 7) is 0.369. The van der Waals surface area contributed by atoms with Crippen LogP contribution in [-0.4, -0.2) is 19.6 Å². The number of carbonyl (C=O) groups is 1. The van der Waals surface area contributed by atoms with Gasteiger partial charge < -0.3 is 10.5 Å². The molecular formula is C13H19NO2S. The van der Waals surface area contributed by atoms with Crippen molar-refractivity contribution in [1.29, 1.82) is 0 Å². The summed E-state index contributed by atoms with van der Waals surface area (Å²) in [5.41, 5.74) is 5.37. The molecule has 0 radical (unpaired) electrons. The van der Waals surface area contributed by atoms with E-state index in [-0.39, 0.29) is 5.97 Å². The van der Waals surface area contributed by atoms with Crippen molar-refractivity contribution >= 4 is 17.3 Å². The first-order valence-corrected chi connectivity index (χ1v) is 6.89. The van der Waals surface area contributed by atoms with Crippen LogP contribution in [0.3, 0.4) is 0 Å². The van der Waals surface area contributed by atoms with Crippen molar-refractivity contribution in [2.24, 2.45) is 17.1 Å². The molecule has 3 nitrogen and oxygen atoms in total. The molecule has 1 aromatic heterocycles. The smallest absolute Gasteiger partial charge is 0.313 e. The maximum Gasteiger partial charge on any atom is 0.313 e. The summed E-state index contributed by atoms with van der Waals surface area (Å²) >= 11 is 1.68. The molecular weight excluding hydrogens is 234 g/mol. The molecule has 1 aliphatic rings. The van der Waals surface area contributed by atoms with E-state index < -0.39 is 5.41 Å². The minimum absolute atomic E-state index is 0.152. The molecule has 1 heterocycles. The van der Waals surface area contributed by atoms with E-state index in [4.69, 9.17) is 10.5 Å². The molecule has 1 aliphatic carbocycles. The van der Waals surface area contributed by atoms with Crippen molar-refractivity contribution in [2.45, 2.75) is 25.7 Å². The predicted molar refractivity (Wildman–Crippen MR) is 68.9 cm³/mol. The lowest BCUT2D eigenvalue weighted by molar-refractivity contribution is -0.153. The molecule has 0 spiro atoms. The Bertz CT molecular complexity index is 373. The van der Waals surface area contributed by atoms with E-state index in [2.05, 4.69) is 6.07 Å². The monoisotopic (exact) mass is 253 g/mol. The van der Waals surface area contributed by atoms with E-state index >= 15 is 0 Å². The Hall–Kier alpha value is -0.870. The number of ether oxygens (including phenoxy) is 1. The predicted octanol–water partition coefficient (Wildman–Crippen LogP) is 2.21. The molecule has 1 atom stereocenters. The van der Waals surface area contributed by atoms with Gasteiger partial charge in [-0.25, -0.2) is 0 Å². The van der Waals surface area contributed by atoms with Gasteiger partial charge in [0.25, 0.3) is 0 Å². The Morgan fingerprint density at radius 3 is 2.88 bits per heavy atom. The second-order valence-electron chi connectivity index (χ2n) is 4.88.